The number of ether oxygens (including phenoxy) is 2. The second-order valence-electron chi connectivity index (χ2n) is 14.2. The van der Waals surface area contributed by atoms with Crippen LogP contribution in [0, 0.1) is 0 Å². The fourth-order valence-electron chi connectivity index (χ4n) is 6.14. The molecule has 1 atom stereocenters. The first-order valence-corrected chi connectivity index (χ1v) is 21.2. The molecule has 0 fully saturated rings. The smallest absolute Gasteiger partial charge is 0.0897 e. The fourth-order valence-corrected chi connectivity index (χ4v) is 6.14. The third kappa shape index (κ3) is 39.7. The van der Waals surface area contributed by atoms with Gasteiger partial charge >= 0.3 is 0 Å². The van der Waals surface area contributed by atoms with Crippen molar-refractivity contribution in [1.82, 2.24) is 4.90 Å². The Labute approximate surface area is 300 Å². The average molecular weight is 680 g/mol. The molecule has 0 saturated carbocycles. The summed E-state index contributed by atoms with van der Waals surface area (Å²) >= 11 is 0. The molecule has 2 N–H and O–H groups in total. The zero-order valence-corrected chi connectivity index (χ0v) is 32.5. The molecule has 48 heavy (non-hydrogen) atoms. The van der Waals surface area contributed by atoms with Crippen LogP contribution in [0.15, 0.2) is 24.3 Å². The van der Waals surface area contributed by atoms with E-state index >= 15 is 0 Å². The van der Waals surface area contributed by atoms with Gasteiger partial charge in [-0.1, -0.05) is 154 Å². The third-order valence-corrected chi connectivity index (χ3v) is 9.38. The Kier molecular flexibility index (Phi) is 41.8. The maximum absolute atomic E-state index is 9.97. The first-order valence-electron chi connectivity index (χ1n) is 21.2. The van der Waals surface area contributed by atoms with E-state index in [1.54, 1.807) is 0 Å². The van der Waals surface area contributed by atoms with Crippen LogP contribution in [-0.4, -0.2) is 73.9 Å². The van der Waals surface area contributed by atoms with Crippen LogP contribution in [0.5, 0.6) is 0 Å². The highest BCUT2D eigenvalue weighted by Gasteiger charge is 2.11. The van der Waals surface area contributed by atoms with Crippen LogP contribution in [0.2, 0.25) is 0 Å². The van der Waals surface area contributed by atoms with Crippen molar-refractivity contribution in [1.29, 1.82) is 0 Å². The summed E-state index contributed by atoms with van der Waals surface area (Å²) < 4.78 is 11.8. The van der Waals surface area contributed by atoms with Crippen molar-refractivity contribution in [2.75, 3.05) is 52.7 Å². The molecular weight excluding hydrogens is 594 g/mol. The highest BCUT2D eigenvalue weighted by molar-refractivity contribution is 4.82. The van der Waals surface area contributed by atoms with Gasteiger partial charge < -0.3 is 19.7 Å². The summed E-state index contributed by atoms with van der Waals surface area (Å²) in [5, 5.41) is 19.3. The topological polar surface area (TPSA) is 62.2 Å². The van der Waals surface area contributed by atoms with Crippen molar-refractivity contribution < 1.29 is 19.7 Å². The average Bonchev–Trinajstić information content (AvgIpc) is 3.09. The van der Waals surface area contributed by atoms with Crippen molar-refractivity contribution in [3.05, 3.63) is 24.3 Å². The van der Waals surface area contributed by atoms with E-state index in [2.05, 4.69) is 43.1 Å². The van der Waals surface area contributed by atoms with Crippen LogP contribution in [-0.2, 0) is 9.47 Å². The highest BCUT2D eigenvalue weighted by Crippen LogP contribution is 2.12. The van der Waals surface area contributed by atoms with Crippen molar-refractivity contribution in [2.45, 2.75) is 200 Å². The number of rotatable bonds is 41. The molecule has 0 aliphatic rings. The molecule has 286 valence electrons. The quantitative estimate of drug-likeness (QED) is 0.0497. The monoisotopic (exact) mass is 680 g/mol. The molecule has 0 aromatic rings. The van der Waals surface area contributed by atoms with E-state index < -0.39 is 6.10 Å². The van der Waals surface area contributed by atoms with Crippen LogP contribution >= 0.6 is 0 Å². The Morgan fingerprint density at radius 2 is 0.750 bits per heavy atom. The molecule has 0 bridgehead atoms. The van der Waals surface area contributed by atoms with Gasteiger partial charge in [-0.2, -0.15) is 0 Å². The van der Waals surface area contributed by atoms with E-state index in [0.717, 1.165) is 39.1 Å². The zero-order chi connectivity index (χ0) is 34.9. The predicted octanol–water partition coefficient (Wildman–Crippen LogP) is 11.7. The zero-order valence-electron chi connectivity index (χ0n) is 32.5. The first kappa shape index (κ1) is 47.3. The number of unbranched alkanes of at least 4 members (excludes halogenated alkanes) is 24. The lowest BCUT2D eigenvalue weighted by molar-refractivity contribution is 0.0278. The molecule has 5 heteroatoms. The number of aliphatic hydroxyl groups excluding tert-OH is 2. The van der Waals surface area contributed by atoms with Gasteiger partial charge in [0.15, 0.2) is 0 Å². The molecule has 0 aliphatic carbocycles. The summed E-state index contributed by atoms with van der Waals surface area (Å²) in [6, 6.07) is 0. The number of aliphatic hydroxyl groups is 2. The number of allylic oxidation sites excluding steroid dienone is 4. The fraction of sp³-hybridized carbons (Fsp3) is 0.907. The second-order valence-corrected chi connectivity index (χ2v) is 14.2. The van der Waals surface area contributed by atoms with E-state index in [0.29, 0.717) is 19.8 Å². The minimum atomic E-state index is -0.711. The Hall–Kier alpha value is -0.720. The molecule has 1 unspecified atom stereocenters. The lowest BCUT2D eigenvalue weighted by Gasteiger charge is -2.24. The Morgan fingerprint density at radius 3 is 1.08 bits per heavy atom. The molecule has 0 aromatic heterocycles. The highest BCUT2D eigenvalue weighted by atomic mass is 16.5. The predicted molar refractivity (Wildman–Crippen MR) is 210 cm³/mol. The van der Waals surface area contributed by atoms with Gasteiger partial charge in [0.05, 0.1) is 25.9 Å². The molecule has 0 aliphatic heterocycles. The first-order chi connectivity index (χ1) is 23.7. The Morgan fingerprint density at radius 1 is 0.438 bits per heavy atom. The lowest BCUT2D eigenvalue weighted by atomic mass is 10.1. The molecule has 0 radical (unpaired) electrons. The maximum Gasteiger partial charge on any atom is 0.0897 e. The van der Waals surface area contributed by atoms with Gasteiger partial charge in [0.25, 0.3) is 0 Å². The minimum Gasteiger partial charge on any atom is -0.394 e. The van der Waals surface area contributed by atoms with Gasteiger partial charge in [-0.05, 0) is 64.2 Å². The number of nitrogens with zero attached hydrogens (tertiary/aromatic N) is 1. The summed E-state index contributed by atoms with van der Waals surface area (Å²) in [5.41, 5.74) is 0. The third-order valence-electron chi connectivity index (χ3n) is 9.38. The van der Waals surface area contributed by atoms with Crippen LogP contribution in [0.4, 0.5) is 0 Å². The van der Waals surface area contributed by atoms with E-state index in [-0.39, 0.29) is 6.61 Å². The summed E-state index contributed by atoms with van der Waals surface area (Å²) in [6.07, 6.45) is 45.8. The molecular formula is C43H85NO4. The molecule has 0 spiro atoms. The van der Waals surface area contributed by atoms with Crippen LogP contribution < -0.4 is 0 Å². The van der Waals surface area contributed by atoms with E-state index in [9.17, 15) is 10.2 Å². The number of hydrogen-bond donors (Lipinski definition) is 2. The maximum atomic E-state index is 9.97. The van der Waals surface area contributed by atoms with Crippen molar-refractivity contribution in [3.8, 4) is 0 Å². The van der Waals surface area contributed by atoms with Gasteiger partial charge in [-0.3, -0.25) is 4.90 Å². The van der Waals surface area contributed by atoms with Gasteiger partial charge in [0.1, 0.15) is 0 Å². The van der Waals surface area contributed by atoms with E-state index in [4.69, 9.17) is 9.47 Å². The normalized spacial score (nSPS) is 12.8. The van der Waals surface area contributed by atoms with Crippen LogP contribution in [0.3, 0.4) is 0 Å². The summed E-state index contributed by atoms with van der Waals surface area (Å²) in [5.74, 6) is 0. The van der Waals surface area contributed by atoms with Crippen molar-refractivity contribution >= 4 is 0 Å². The van der Waals surface area contributed by atoms with Crippen LogP contribution in [0.1, 0.15) is 194 Å². The van der Waals surface area contributed by atoms with Gasteiger partial charge in [0.2, 0.25) is 0 Å². The van der Waals surface area contributed by atoms with Gasteiger partial charge in [0, 0.05) is 32.8 Å². The largest absolute Gasteiger partial charge is 0.394 e. The molecule has 0 heterocycles. The molecule has 0 saturated heterocycles. The van der Waals surface area contributed by atoms with Crippen LogP contribution in [0.25, 0.3) is 0 Å². The standard InChI is InChI=1S/C43H85NO4/c1-3-5-7-9-11-13-15-17-19-21-23-25-27-29-31-33-37-47-39-35-44(41-43(46)42-45)36-40-48-38-34-32-30-28-26-24-22-20-18-16-14-12-10-8-6-4-2/h17-20,43,45-46H,3-16,21-42H2,1-2H3/b19-17-,20-18-. The summed E-state index contributed by atoms with van der Waals surface area (Å²) in [6.45, 7) is 9.30. The lowest BCUT2D eigenvalue weighted by Crippen LogP contribution is -2.38. The SMILES string of the molecule is CCCCCCCC/C=C\CCCCCCCCOCCN(CCOCCCCCCCC/C=C\CCCCCCCC)CC(O)CO. The Bertz CT molecular complexity index is 592. The van der Waals surface area contributed by atoms with Crippen molar-refractivity contribution in [3.63, 3.8) is 0 Å². The van der Waals surface area contributed by atoms with E-state index in [1.807, 2.05) is 0 Å². The molecule has 0 amide bonds. The van der Waals surface area contributed by atoms with Gasteiger partial charge in [-0.15, -0.1) is 0 Å². The molecule has 0 aromatic carbocycles. The van der Waals surface area contributed by atoms with Crippen molar-refractivity contribution in [2.24, 2.45) is 0 Å². The van der Waals surface area contributed by atoms with Gasteiger partial charge in [-0.25, -0.2) is 0 Å². The Balaban J connectivity index is 3.58. The molecule has 5 nitrogen and oxygen atoms in total. The number of hydrogen-bond acceptors (Lipinski definition) is 5. The second kappa shape index (κ2) is 42.4. The molecule has 0 rings (SSSR count). The summed E-state index contributed by atoms with van der Waals surface area (Å²) in [4.78, 5) is 2.16. The summed E-state index contributed by atoms with van der Waals surface area (Å²) in [7, 11) is 0. The minimum absolute atomic E-state index is 0.205. The van der Waals surface area contributed by atoms with E-state index in [1.165, 1.54) is 167 Å².